The Morgan fingerprint density at radius 2 is 2.20 bits per heavy atom. The molecule has 0 bridgehead atoms. The molecule has 0 amide bonds. The van der Waals surface area contributed by atoms with Gasteiger partial charge in [-0.15, -0.1) is 0 Å². The maximum absolute atomic E-state index is 11.1. The fourth-order valence-corrected chi connectivity index (χ4v) is 1.85. The third-order valence-corrected chi connectivity index (χ3v) is 2.73. The quantitative estimate of drug-likeness (QED) is 0.532. The predicted molar refractivity (Wildman–Crippen MR) is 72.9 cm³/mol. The summed E-state index contributed by atoms with van der Waals surface area (Å²) >= 11 is 0. The Labute approximate surface area is 117 Å². The molecular weight excluding hydrogens is 264 g/mol. The molecule has 1 aromatic heterocycles. The van der Waals surface area contributed by atoms with E-state index in [-0.39, 0.29) is 17.6 Å². The van der Waals surface area contributed by atoms with Crippen LogP contribution in [0.25, 0.3) is 0 Å². The lowest BCUT2D eigenvalue weighted by Gasteiger charge is -2.17. The molecule has 1 aromatic rings. The van der Waals surface area contributed by atoms with E-state index in [1.807, 2.05) is 6.92 Å². The van der Waals surface area contributed by atoms with Crippen LogP contribution in [0.5, 0.6) is 5.88 Å². The molecule has 0 spiro atoms. The van der Waals surface area contributed by atoms with Gasteiger partial charge in [-0.1, -0.05) is 6.92 Å². The van der Waals surface area contributed by atoms with Gasteiger partial charge >= 0.3 is 5.69 Å². The van der Waals surface area contributed by atoms with Gasteiger partial charge in [0.25, 0.3) is 5.88 Å². The molecule has 0 saturated carbocycles. The number of nitro groups is 1. The topological polar surface area (TPSA) is 99.4 Å². The molecule has 0 radical (unpaired) electrons. The fourth-order valence-electron chi connectivity index (χ4n) is 1.85. The van der Waals surface area contributed by atoms with Crippen LogP contribution in [0, 0.1) is 10.1 Å². The van der Waals surface area contributed by atoms with Crippen molar-refractivity contribution < 1.29 is 14.4 Å². The Morgan fingerprint density at radius 3 is 2.75 bits per heavy atom. The molecule has 1 unspecified atom stereocenters. The second-order valence-corrected chi connectivity index (χ2v) is 4.25. The summed E-state index contributed by atoms with van der Waals surface area (Å²) in [5.74, 6) is -0.0216. The number of rotatable bonds is 9. The third kappa shape index (κ3) is 4.39. The van der Waals surface area contributed by atoms with Crippen LogP contribution in [0.1, 0.15) is 19.0 Å². The van der Waals surface area contributed by atoms with E-state index in [2.05, 4.69) is 15.3 Å². The Balaban J connectivity index is 2.96. The molecule has 0 aliphatic rings. The molecule has 0 aromatic carbocycles. The highest BCUT2D eigenvalue weighted by Gasteiger charge is 2.25. The van der Waals surface area contributed by atoms with Gasteiger partial charge in [0.2, 0.25) is 0 Å². The van der Waals surface area contributed by atoms with Gasteiger partial charge < -0.3 is 14.8 Å². The summed E-state index contributed by atoms with van der Waals surface area (Å²) in [6, 6.07) is -0.0433. The van der Waals surface area contributed by atoms with Crippen molar-refractivity contribution in [1.29, 1.82) is 0 Å². The number of aromatic nitrogens is 2. The normalized spacial score (nSPS) is 12.2. The minimum atomic E-state index is -0.516. The lowest BCUT2D eigenvalue weighted by Crippen LogP contribution is -2.36. The van der Waals surface area contributed by atoms with Gasteiger partial charge in [-0.3, -0.25) is 10.1 Å². The predicted octanol–water partition coefficient (Wildman–Crippen LogP) is 0.950. The smallest absolute Gasteiger partial charge is 0.352 e. The van der Waals surface area contributed by atoms with Crippen LogP contribution >= 0.6 is 0 Å². The summed E-state index contributed by atoms with van der Waals surface area (Å²) in [7, 11) is 2.94. The van der Waals surface area contributed by atoms with Gasteiger partial charge in [-0.05, 0) is 13.0 Å². The van der Waals surface area contributed by atoms with Crippen LogP contribution in [0.15, 0.2) is 6.33 Å². The first-order chi connectivity index (χ1) is 9.63. The maximum atomic E-state index is 11.1. The van der Waals surface area contributed by atoms with Crippen molar-refractivity contribution in [2.75, 3.05) is 27.4 Å². The summed E-state index contributed by atoms with van der Waals surface area (Å²) < 4.78 is 10.0. The van der Waals surface area contributed by atoms with Crippen molar-refractivity contribution in [1.82, 2.24) is 15.3 Å². The second kappa shape index (κ2) is 8.39. The number of hydrogen-bond donors (Lipinski definition) is 1. The minimum Gasteiger partial charge on any atom is -0.476 e. The van der Waals surface area contributed by atoms with Gasteiger partial charge in [0.05, 0.1) is 18.6 Å². The number of methoxy groups -OCH3 is 2. The maximum Gasteiger partial charge on any atom is 0.352 e. The van der Waals surface area contributed by atoms with E-state index in [0.717, 1.165) is 13.0 Å². The fraction of sp³-hybridized carbons (Fsp3) is 0.667. The molecule has 0 saturated heterocycles. The van der Waals surface area contributed by atoms with E-state index in [9.17, 15) is 10.1 Å². The van der Waals surface area contributed by atoms with Gasteiger partial charge in [0.15, 0.2) is 0 Å². The SMILES string of the molecule is CCCNC(COC)Cc1ncnc(OC)c1[N+](=O)[O-]. The van der Waals surface area contributed by atoms with Crippen LogP contribution < -0.4 is 10.1 Å². The largest absolute Gasteiger partial charge is 0.476 e. The van der Waals surface area contributed by atoms with E-state index in [1.165, 1.54) is 13.4 Å². The minimum absolute atomic E-state index is 0.0216. The molecule has 1 heterocycles. The van der Waals surface area contributed by atoms with Gasteiger partial charge in [-0.25, -0.2) is 4.98 Å². The number of ether oxygens (including phenoxy) is 2. The molecule has 20 heavy (non-hydrogen) atoms. The standard InChI is InChI=1S/C12H20N4O4/c1-4-5-13-9(7-19-2)6-10-11(16(17)18)12(20-3)15-8-14-10/h8-9,13H,4-7H2,1-3H3. The Bertz CT molecular complexity index is 441. The molecule has 1 rings (SSSR count). The van der Waals surface area contributed by atoms with Crippen LogP contribution in [0.2, 0.25) is 0 Å². The first kappa shape index (κ1) is 16.3. The molecule has 1 N–H and O–H groups in total. The first-order valence-electron chi connectivity index (χ1n) is 6.38. The molecular formula is C12H20N4O4. The highest BCUT2D eigenvalue weighted by molar-refractivity contribution is 5.44. The zero-order valence-corrected chi connectivity index (χ0v) is 12.0. The molecule has 0 aliphatic heterocycles. The molecule has 112 valence electrons. The van der Waals surface area contributed by atoms with E-state index in [4.69, 9.17) is 9.47 Å². The van der Waals surface area contributed by atoms with Crippen LogP contribution in [0.4, 0.5) is 5.69 Å². The summed E-state index contributed by atoms with van der Waals surface area (Å²) in [5.41, 5.74) is 0.155. The monoisotopic (exact) mass is 284 g/mol. The molecule has 8 nitrogen and oxygen atoms in total. The highest BCUT2D eigenvalue weighted by atomic mass is 16.6. The number of hydrogen-bond acceptors (Lipinski definition) is 7. The molecule has 0 fully saturated rings. The van der Waals surface area contributed by atoms with Crippen molar-refractivity contribution in [2.45, 2.75) is 25.8 Å². The van der Waals surface area contributed by atoms with Crippen molar-refractivity contribution >= 4 is 5.69 Å². The Hall–Kier alpha value is -1.80. The average Bonchev–Trinajstić information content (AvgIpc) is 2.44. The van der Waals surface area contributed by atoms with Gasteiger partial charge in [0.1, 0.15) is 12.0 Å². The third-order valence-electron chi connectivity index (χ3n) is 2.73. The summed E-state index contributed by atoms with van der Waals surface area (Å²) in [4.78, 5) is 18.4. The van der Waals surface area contributed by atoms with Crippen molar-refractivity contribution in [3.05, 3.63) is 22.1 Å². The van der Waals surface area contributed by atoms with Gasteiger partial charge in [0, 0.05) is 19.6 Å². The van der Waals surface area contributed by atoms with E-state index >= 15 is 0 Å². The first-order valence-corrected chi connectivity index (χ1v) is 6.38. The van der Waals surface area contributed by atoms with E-state index < -0.39 is 4.92 Å². The van der Waals surface area contributed by atoms with Crippen molar-refractivity contribution in [3.63, 3.8) is 0 Å². The summed E-state index contributed by atoms with van der Waals surface area (Å²) in [5, 5.41) is 14.4. The van der Waals surface area contributed by atoms with Crippen molar-refractivity contribution in [2.24, 2.45) is 0 Å². The molecule has 8 heteroatoms. The zero-order valence-electron chi connectivity index (χ0n) is 12.0. The lowest BCUT2D eigenvalue weighted by atomic mass is 10.1. The van der Waals surface area contributed by atoms with Crippen LogP contribution in [0.3, 0.4) is 0 Å². The number of nitrogens with zero attached hydrogens (tertiary/aromatic N) is 3. The second-order valence-electron chi connectivity index (χ2n) is 4.25. The average molecular weight is 284 g/mol. The molecule has 0 aliphatic carbocycles. The summed E-state index contributed by atoms with van der Waals surface area (Å²) in [6.45, 7) is 3.31. The number of nitrogens with one attached hydrogen (secondary N) is 1. The van der Waals surface area contributed by atoms with E-state index in [0.29, 0.717) is 18.7 Å². The van der Waals surface area contributed by atoms with Crippen LogP contribution in [-0.4, -0.2) is 48.3 Å². The van der Waals surface area contributed by atoms with E-state index in [1.54, 1.807) is 7.11 Å². The Morgan fingerprint density at radius 1 is 1.45 bits per heavy atom. The molecule has 1 atom stereocenters. The van der Waals surface area contributed by atoms with Crippen molar-refractivity contribution in [3.8, 4) is 5.88 Å². The zero-order chi connectivity index (χ0) is 15.0. The van der Waals surface area contributed by atoms with Crippen LogP contribution in [-0.2, 0) is 11.2 Å². The Kier molecular flexibility index (Phi) is 6.82. The highest BCUT2D eigenvalue weighted by Crippen LogP contribution is 2.27. The summed E-state index contributed by atoms with van der Waals surface area (Å²) in [6.07, 6.45) is 2.61. The van der Waals surface area contributed by atoms with Gasteiger partial charge in [-0.2, -0.15) is 4.98 Å². The lowest BCUT2D eigenvalue weighted by molar-refractivity contribution is -0.387.